The molecule has 1 heterocycles. The van der Waals surface area contributed by atoms with Gasteiger partial charge in [0.1, 0.15) is 11.7 Å². The fourth-order valence-corrected chi connectivity index (χ4v) is 5.01. The molecule has 0 spiro atoms. The number of amidine groups is 1. The summed E-state index contributed by atoms with van der Waals surface area (Å²) in [6.45, 7) is 3.16. The van der Waals surface area contributed by atoms with E-state index in [1.165, 1.54) is 64.2 Å². The zero-order valence-corrected chi connectivity index (χ0v) is 28.1. The number of nitrogen functional groups attached to an aromatic ring is 1. The molecule has 0 aliphatic rings. The van der Waals surface area contributed by atoms with Crippen molar-refractivity contribution < 1.29 is 14.7 Å². The number of rotatable bonds is 19. The van der Waals surface area contributed by atoms with E-state index in [1.54, 1.807) is 12.1 Å². The molecule has 5 N–H and O–H groups in total. The molecule has 3 aromatic rings. The number of unbranched alkanes of at least 4 members (excludes halogenated alkanes) is 11. The van der Waals surface area contributed by atoms with Gasteiger partial charge in [0.25, 0.3) is 5.91 Å². The van der Waals surface area contributed by atoms with Crippen molar-refractivity contribution in [2.45, 2.75) is 96.9 Å². The summed E-state index contributed by atoms with van der Waals surface area (Å²) >= 11 is 0. The highest BCUT2D eigenvalue weighted by atomic mass is 79.9. The third-order valence-corrected chi connectivity index (χ3v) is 7.32. The highest BCUT2D eigenvalue weighted by Gasteiger charge is 2.15. The number of aryl methyl sites for hydroxylation is 1. The number of fused-ring (bicyclic) bond motifs is 1. The van der Waals surface area contributed by atoms with Crippen LogP contribution < -0.4 is 11.1 Å². The summed E-state index contributed by atoms with van der Waals surface area (Å²) in [7, 11) is 0. The first-order valence-electron chi connectivity index (χ1n) is 14.9. The Kier molecular flexibility index (Phi) is 18.0. The summed E-state index contributed by atoms with van der Waals surface area (Å²) in [6.07, 6.45) is 15.4. The predicted molar refractivity (Wildman–Crippen MR) is 182 cm³/mol. The van der Waals surface area contributed by atoms with Crippen LogP contribution in [0.1, 0.15) is 106 Å². The van der Waals surface area contributed by atoms with Crippen LogP contribution in [0.5, 0.6) is 0 Å². The van der Waals surface area contributed by atoms with Crippen LogP contribution in [0, 0.1) is 5.41 Å². The first kappa shape index (κ1) is 37.3. The van der Waals surface area contributed by atoms with Crippen molar-refractivity contribution in [2.24, 2.45) is 5.73 Å². The van der Waals surface area contributed by atoms with Gasteiger partial charge < -0.3 is 20.7 Å². The third-order valence-electron chi connectivity index (χ3n) is 7.32. The predicted octanol–water partition coefficient (Wildman–Crippen LogP) is 8.05. The molecule has 0 saturated carbocycles. The van der Waals surface area contributed by atoms with E-state index in [1.807, 2.05) is 30.3 Å². The van der Waals surface area contributed by atoms with Crippen LogP contribution in [0.25, 0.3) is 22.4 Å². The minimum Gasteiger partial charge on any atom is -0.481 e. The number of benzene rings is 2. The van der Waals surface area contributed by atoms with Crippen LogP contribution in [0.2, 0.25) is 0 Å². The summed E-state index contributed by atoms with van der Waals surface area (Å²) in [4.78, 5) is 28.2. The molecule has 0 unspecified atom stereocenters. The van der Waals surface area contributed by atoms with Crippen molar-refractivity contribution >= 4 is 62.7 Å². The molecule has 0 bridgehead atoms. The van der Waals surface area contributed by atoms with Gasteiger partial charge in [0.2, 0.25) is 0 Å². The standard InChI is InChI=1S/C32H45N5O3.2BrH/c1-2-3-4-5-6-7-8-9-10-11-12-13-22-37-28-19-18-26(32(40)35-21-20-29(38)39)23-27(28)36-31(37)25-16-14-24(15-17-25)30(33)34;;/h14-19,23H,2-13,20-22H2,1H3,(H3,33,34)(H,35,40)(H,38,39);2*1H. The lowest BCUT2D eigenvalue weighted by atomic mass is 10.1. The van der Waals surface area contributed by atoms with Crippen molar-refractivity contribution in [1.29, 1.82) is 5.41 Å². The van der Waals surface area contributed by atoms with Gasteiger partial charge in [-0.15, -0.1) is 34.0 Å². The van der Waals surface area contributed by atoms with E-state index in [2.05, 4.69) is 16.8 Å². The van der Waals surface area contributed by atoms with E-state index >= 15 is 0 Å². The summed E-state index contributed by atoms with van der Waals surface area (Å²) in [5.41, 5.74) is 9.35. The van der Waals surface area contributed by atoms with Crippen molar-refractivity contribution in [3.8, 4) is 11.4 Å². The van der Waals surface area contributed by atoms with Gasteiger partial charge in [-0.3, -0.25) is 15.0 Å². The maximum atomic E-state index is 12.6. The van der Waals surface area contributed by atoms with Crippen molar-refractivity contribution in [2.75, 3.05) is 6.54 Å². The number of hydrogen-bond acceptors (Lipinski definition) is 4. The number of aliphatic carboxylic acids is 1. The lowest BCUT2D eigenvalue weighted by molar-refractivity contribution is -0.136. The molecule has 2 aromatic carbocycles. The number of nitrogens with zero attached hydrogens (tertiary/aromatic N) is 2. The Bertz CT molecular complexity index is 1260. The average Bonchev–Trinajstić information content (AvgIpc) is 3.31. The van der Waals surface area contributed by atoms with E-state index in [0.29, 0.717) is 11.1 Å². The minimum atomic E-state index is -0.951. The quantitative estimate of drug-likeness (QED) is 0.0568. The van der Waals surface area contributed by atoms with Crippen LogP contribution in [0.4, 0.5) is 0 Å². The Balaban J connectivity index is 0.00000441. The van der Waals surface area contributed by atoms with E-state index in [0.717, 1.165) is 41.8 Å². The van der Waals surface area contributed by atoms with Gasteiger partial charge in [-0.25, -0.2) is 4.98 Å². The topological polar surface area (TPSA) is 134 Å². The molecule has 232 valence electrons. The lowest BCUT2D eigenvalue weighted by Crippen LogP contribution is -2.25. The SMILES string of the molecule is Br.Br.CCCCCCCCCCCCCCn1c(-c2ccc(C(=N)N)cc2)nc2cc(C(=O)NCCC(=O)O)ccc21. The third kappa shape index (κ3) is 11.9. The second kappa shape index (κ2) is 20.2. The number of nitrogens with two attached hydrogens (primary N) is 1. The molecule has 1 amide bonds. The summed E-state index contributed by atoms with van der Waals surface area (Å²) in [6, 6.07) is 13.0. The molecule has 0 aliphatic heterocycles. The van der Waals surface area contributed by atoms with E-state index in [4.69, 9.17) is 21.2 Å². The van der Waals surface area contributed by atoms with Gasteiger partial charge in [-0.05, 0) is 24.6 Å². The normalized spacial score (nSPS) is 10.6. The summed E-state index contributed by atoms with van der Waals surface area (Å²) in [5.74, 6) is -0.425. The Hall–Kier alpha value is -2.72. The van der Waals surface area contributed by atoms with Gasteiger partial charge in [-0.2, -0.15) is 0 Å². The first-order chi connectivity index (χ1) is 19.4. The van der Waals surface area contributed by atoms with E-state index < -0.39 is 5.97 Å². The largest absolute Gasteiger partial charge is 0.481 e. The number of carboxylic acids is 1. The first-order valence-corrected chi connectivity index (χ1v) is 14.9. The Morgan fingerprint density at radius 1 is 0.857 bits per heavy atom. The maximum absolute atomic E-state index is 12.6. The molecule has 0 radical (unpaired) electrons. The molecule has 8 nitrogen and oxygen atoms in total. The van der Waals surface area contributed by atoms with Crippen LogP contribution in [0.3, 0.4) is 0 Å². The number of carbonyl (C=O) groups excluding carboxylic acids is 1. The van der Waals surface area contributed by atoms with Gasteiger partial charge >= 0.3 is 5.97 Å². The molecule has 42 heavy (non-hydrogen) atoms. The number of halogens is 2. The van der Waals surface area contributed by atoms with Crippen LogP contribution >= 0.6 is 34.0 Å². The van der Waals surface area contributed by atoms with Crippen molar-refractivity contribution in [3.05, 3.63) is 53.6 Å². The molecular weight excluding hydrogens is 662 g/mol. The number of hydrogen-bond donors (Lipinski definition) is 4. The van der Waals surface area contributed by atoms with Gasteiger partial charge in [-0.1, -0.05) is 102 Å². The number of carboxylic acid groups (broad SMARTS) is 1. The number of imidazole rings is 1. The van der Waals surface area contributed by atoms with Crippen LogP contribution in [-0.2, 0) is 11.3 Å². The summed E-state index contributed by atoms with van der Waals surface area (Å²) in [5, 5.41) is 19.2. The smallest absolute Gasteiger partial charge is 0.305 e. The van der Waals surface area contributed by atoms with Gasteiger partial charge in [0, 0.05) is 29.8 Å². The second-order valence-electron chi connectivity index (χ2n) is 10.6. The monoisotopic (exact) mass is 707 g/mol. The van der Waals surface area contributed by atoms with Crippen LogP contribution in [-0.4, -0.2) is 38.9 Å². The maximum Gasteiger partial charge on any atom is 0.305 e. The Labute approximate surface area is 270 Å². The second-order valence-corrected chi connectivity index (χ2v) is 10.6. The van der Waals surface area contributed by atoms with Gasteiger partial charge in [0.05, 0.1) is 17.5 Å². The molecule has 0 atom stereocenters. The Morgan fingerprint density at radius 2 is 1.40 bits per heavy atom. The molecule has 0 saturated heterocycles. The fourth-order valence-electron chi connectivity index (χ4n) is 5.01. The minimum absolute atomic E-state index is 0. The number of nitrogens with one attached hydrogen (secondary N) is 2. The molecule has 10 heteroatoms. The highest BCUT2D eigenvalue weighted by molar-refractivity contribution is 8.93. The number of aromatic nitrogens is 2. The van der Waals surface area contributed by atoms with Crippen molar-refractivity contribution in [1.82, 2.24) is 14.9 Å². The zero-order valence-electron chi connectivity index (χ0n) is 24.7. The zero-order chi connectivity index (χ0) is 28.7. The lowest BCUT2D eigenvalue weighted by Gasteiger charge is -2.10. The molecule has 1 aromatic heterocycles. The summed E-state index contributed by atoms with van der Waals surface area (Å²) < 4.78 is 2.21. The fraction of sp³-hybridized carbons (Fsp3) is 0.500. The van der Waals surface area contributed by atoms with E-state index in [9.17, 15) is 9.59 Å². The molecule has 0 aliphatic carbocycles. The Morgan fingerprint density at radius 3 is 1.95 bits per heavy atom. The van der Waals surface area contributed by atoms with Crippen LogP contribution in [0.15, 0.2) is 42.5 Å². The molecule has 0 fully saturated rings. The molecule has 3 rings (SSSR count). The van der Waals surface area contributed by atoms with Crippen molar-refractivity contribution in [3.63, 3.8) is 0 Å². The highest BCUT2D eigenvalue weighted by Crippen LogP contribution is 2.27. The van der Waals surface area contributed by atoms with Gasteiger partial charge in [0.15, 0.2) is 0 Å². The van der Waals surface area contributed by atoms with E-state index in [-0.39, 0.29) is 58.7 Å². The number of carbonyl (C=O) groups is 2. The molecular formula is C32H47Br2N5O3. The average molecular weight is 710 g/mol. The number of amides is 1.